The number of hydrogen-bond acceptors (Lipinski definition) is 7. The highest BCUT2D eigenvalue weighted by molar-refractivity contribution is 7.99. The van der Waals surface area contributed by atoms with Gasteiger partial charge in [0.2, 0.25) is 0 Å². The largest absolute Gasteiger partial charge is 0.466 e. The van der Waals surface area contributed by atoms with E-state index in [1.807, 2.05) is 61.5 Å². The Balaban J connectivity index is 1.56. The summed E-state index contributed by atoms with van der Waals surface area (Å²) in [6.45, 7) is 3.81. The summed E-state index contributed by atoms with van der Waals surface area (Å²) < 4.78 is 13.0. The van der Waals surface area contributed by atoms with Crippen LogP contribution in [0.2, 0.25) is 0 Å². The van der Waals surface area contributed by atoms with Crippen molar-refractivity contribution in [3.63, 3.8) is 0 Å². The van der Waals surface area contributed by atoms with Gasteiger partial charge in [-0.05, 0) is 43.7 Å². The molecule has 0 bridgehead atoms. The van der Waals surface area contributed by atoms with Crippen LogP contribution in [0.15, 0.2) is 102 Å². The summed E-state index contributed by atoms with van der Waals surface area (Å²) in [5.74, 6) is 0.0724. The number of benzene rings is 2. The summed E-state index contributed by atoms with van der Waals surface area (Å²) in [5.41, 5.74) is 2.66. The summed E-state index contributed by atoms with van der Waals surface area (Å²) in [6, 6.07) is 20.8. The number of rotatable bonds is 5. The molecule has 0 fully saturated rings. The molecule has 176 valence electrons. The van der Waals surface area contributed by atoms with Gasteiger partial charge >= 0.3 is 5.97 Å². The number of ether oxygens (including phenoxy) is 1. The molecule has 0 amide bonds. The van der Waals surface area contributed by atoms with E-state index >= 15 is 0 Å². The van der Waals surface area contributed by atoms with Gasteiger partial charge < -0.3 is 9.15 Å². The van der Waals surface area contributed by atoms with Crippen LogP contribution in [-0.4, -0.2) is 17.6 Å². The molecule has 35 heavy (non-hydrogen) atoms. The fraction of sp³-hybridized carbons (Fsp3) is 0.148. The number of allylic oxidation sites excluding steroid dienone is 1. The zero-order valence-electron chi connectivity index (χ0n) is 19.3. The molecular formula is C27H22N2O4S2. The van der Waals surface area contributed by atoms with E-state index in [1.165, 1.54) is 35.8 Å². The van der Waals surface area contributed by atoms with Gasteiger partial charge in [-0.2, -0.15) is 0 Å². The molecule has 1 atom stereocenters. The Morgan fingerprint density at radius 1 is 1.09 bits per heavy atom. The lowest BCUT2D eigenvalue weighted by molar-refractivity contribution is -0.136. The van der Waals surface area contributed by atoms with Gasteiger partial charge in [0.25, 0.3) is 5.56 Å². The third kappa shape index (κ3) is 4.54. The molecule has 8 heteroatoms. The van der Waals surface area contributed by atoms with Gasteiger partial charge in [-0.3, -0.25) is 9.36 Å². The Kier molecular flexibility index (Phi) is 6.32. The van der Waals surface area contributed by atoms with E-state index in [1.54, 1.807) is 17.6 Å². The summed E-state index contributed by atoms with van der Waals surface area (Å²) in [5, 5.41) is 0.735. The number of carbonyl (C=O) groups excluding carboxylic acids is 1. The number of furan rings is 1. The number of nitrogens with zero attached hydrogens (tertiary/aromatic N) is 2. The highest BCUT2D eigenvalue weighted by Gasteiger charge is 2.32. The fourth-order valence-corrected chi connectivity index (χ4v) is 5.77. The zero-order chi connectivity index (χ0) is 24.5. The molecule has 1 aliphatic heterocycles. The second kappa shape index (κ2) is 9.56. The van der Waals surface area contributed by atoms with Crippen LogP contribution in [0.5, 0.6) is 0 Å². The normalized spacial score (nSPS) is 15.6. The van der Waals surface area contributed by atoms with Crippen LogP contribution in [0, 0.1) is 6.92 Å². The van der Waals surface area contributed by atoms with Crippen LogP contribution in [0.3, 0.4) is 0 Å². The van der Waals surface area contributed by atoms with E-state index in [4.69, 9.17) is 9.15 Å². The average molecular weight is 503 g/mol. The Hall–Kier alpha value is -3.62. The average Bonchev–Trinajstić information content (AvgIpc) is 3.43. The van der Waals surface area contributed by atoms with Gasteiger partial charge in [-0.15, -0.1) is 0 Å². The number of esters is 1. The van der Waals surface area contributed by atoms with Crippen molar-refractivity contribution in [2.45, 2.75) is 29.9 Å². The van der Waals surface area contributed by atoms with Crippen molar-refractivity contribution >= 4 is 35.1 Å². The minimum atomic E-state index is -0.619. The zero-order valence-corrected chi connectivity index (χ0v) is 21.0. The summed E-state index contributed by atoms with van der Waals surface area (Å²) in [6.07, 6.45) is 1.72. The predicted molar refractivity (Wildman–Crippen MR) is 136 cm³/mol. The number of fused-ring (bicyclic) bond motifs is 1. The minimum absolute atomic E-state index is 0.236. The molecule has 3 heterocycles. The highest BCUT2D eigenvalue weighted by Crippen LogP contribution is 2.31. The first-order valence-electron chi connectivity index (χ1n) is 10.9. The second-order valence-electron chi connectivity index (χ2n) is 8.06. The molecule has 0 N–H and O–H groups in total. The lowest BCUT2D eigenvalue weighted by Crippen LogP contribution is -2.39. The van der Waals surface area contributed by atoms with E-state index in [0.29, 0.717) is 26.4 Å². The van der Waals surface area contributed by atoms with Crippen LogP contribution in [0.4, 0.5) is 0 Å². The third-order valence-electron chi connectivity index (χ3n) is 5.66. The van der Waals surface area contributed by atoms with Crippen LogP contribution in [-0.2, 0) is 9.53 Å². The molecule has 0 saturated heterocycles. The summed E-state index contributed by atoms with van der Waals surface area (Å²) >= 11 is 2.79. The molecule has 1 unspecified atom stereocenters. The maximum atomic E-state index is 13.6. The van der Waals surface area contributed by atoms with Crippen molar-refractivity contribution in [1.29, 1.82) is 0 Å². The minimum Gasteiger partial charge on any atom is -0.466 e. The third-order valence-corrected chi connectivity index (χ3v) is 7.57. The van der Waals surface area contributed by atoms with Crippen molar-refractivity contribution in [3.8, 4) is 0 Å². The first-order chi connectivity index (χ1) is 16.9. The monoisotopic (exact) mass is 502 g/mol. The highest BCUT2D eigenvalue weighted by atomic mass is 32.2. The first-order valence-corrected chi connectivity index (χ1v) is 12.6. The smallest absolute Gasteiger partial charge is 0.338 e. The predicted octanol–water partition coefficient (Wildman–Crippen LogP) is 4.46. The SMILES string of the molecule is COC(=O)C1=C(C)N=c2sc(=Cc3ccc(Sc4ccc(C)cc4)o3)c(=O)n2C1c1ccccc1. The van der Waals surface area contributed by atoms with Gasteiger partial charge in [0.1, 0.15) is 5.76 Å². The van der Waals surface area contributed by atoms with E-state index < -0.39 is 12.0 Å². The Bertz CT molecular complexity index is 1610. The van der Waals surface area contributed by atoms with Crippen LogP contribution in [0.1, 0.15) is 29.9 Å². The molecule has 4 aromatic rings. The van der Waals surface area contributed by atoms with Crippen LogP contribution < -0.4 is 14.9 Å². The topological polar surface area (TPSA) is 73.8 Å². The lowest BCUT2D eigenvalue weighted by atomic mass is 9.96. The van der Waals surface area contributed by atoms with E-state index in [-0.39, 0.29) is 5.56 Å². The molecule has 1 aliphatic rings. The molecular weight excluding hydrogens is 480 g/mol. The Labute approximate surface area is 209 Å². The summed E-state index contributed by atoms with van der Waals surface area (Å²) in [4.78, 5) is 32.4. The number of hydrogen-bond donors (Lipinski definition) is 0. The quantitative estimate of drug-likeness (QED) is 0.377. The van der Waals surface area contributed by atoms with Gasteiger partial charge in [0, 0.05) is 11.0 Å². The van der Waals surface area contributed by atoms with Gasteiger partial charge in [-0.25, -0.2) is 9.79 Å². The molecule has 2 aromatic heterocycles. The molecule has 5 rings (SSSR count). The molecule has 0 aliphatic carbocycles. The maximum absolute atomic E-state index is 13.6. The fourth-order valence-electron chi connectivity index (χ4n) is 3.96. The molecule has 0 saturated carbocycles. The standard InChI is InChI=1S/C27H22N2O4S2/c1-16-9-12-20(13-10-16)34-22-14-11-19(33-22)15-21-25(30)29-24(18-7-5-4-6-8-18)23(26(31)32-3)17(2)28-27(29)35-21/h4-15,24H,1-3H3. The van der Waals surface area contributed by atoms with Crippen LogP contribution >= 0.6 is 23.1 Å². The lowest BCUT2D eigenvalue weighted by Gasteiger charge is -2.24. The summed E-state index contributed by atoms with van der Waals surface area (Å²) in [7, 11) is 1.33. The van der Waals surface area contributed by atoms with Crippen molar-refractivity contribution in [2.75, 3.05) is 7.11 Å². The van der Waals surface area contributed by atoms with E-state index in [2.05, 4.69) is 17.1 Å². The number of aromatic nitrogens is 1. The van der Waals surface area contributed by atoms with Gasteiger partial charge in [-0.1, -0.05) is 71.1 Å². The molecule has 0 spiro atoms. The van der Waals surface area contributed by atoms with E-state index in [0.717, 1.165) is 15.6 Å². The van der Waals surface area contributed by atoms with Crippen molar-refractivity contribution in [2.24, 2.45) is 4.99 Å². The van der Waals surface area contributed by atoms with Crippen molar-refractivity contribution in [1.82, 2.24) is 4.57 Å². The van der Waals surface area contributed by atoms with Gasteiger partial charge in [0.05, 0.1) is 29.0 Å². The van der Waals surface area contributed by atoms with E-state index in [9.17, 15) is 9.59 Å². The Morgan fingerprint density at radius 2 is 1.83 bits per heavy atom. The van der Waals surface area contributed by atoms with Crippen LogP contribution in [0.25, 0.3) is 6.08 Å². The number of aryl methyl sites for hydroxylation is 1. The molecule has 6 nitrogen and oxygen atoms in total. The van der Waals surface area contributed by atoms with Gasteiger partial charge in [0.15, 0.2) is 9.89 Å². The number of thiazole rings is 1. The molecule has 2 aromatic carbocycles. The van der Waals surface area contributed by atoms with Crippen molar-refractivity contribution in [3.05, 3.63) is 115 Å². The Morgan fingerprint density at radius 3 is 2.54 bits per heavy atom. The first kappa shape index (κ1) is 23.1. The molecule has 0 radical (unpaired) electrons. The van der Waals surface area contributed by atoms with Crippen molar-refractivity contribution < 1.29 is 13.9 Å². The maximum Gasteiger partial charge on any atom is 0.338 e. The second-order valence-corrected chi connectivity index (χ2v) is 10.1. The number of methoxy groups -OCH3 is 1. The number of carbonyl (C=O) groups is 1.